The van der Waals surface area contributed by atoms with Gasteiger partial charge in [-0.3, -0.25) is 14.4 Å². The summed E-state index contributed by atoms with van der Waals surface area (Å²) < 4.78 is 12.1. The average Bonchev–Trinajstić information content (AvgIpc) is 3.43. The molecule has 0 amide bonds. The standard InChI is InChI=1S/C24H29NO5/c1-4-22(26)21-12-19(23(27)13-18-10-16(18)2)15-25(24(21)28)14-17-6-5-7-20(11-17)30-9-8-29-3/h5-7,11-12,15-16,18H,4,8-10,13-14H2,1-3H3/t16-,18+/m0/s1. The summed E-state index contributed by atoms with van der Waals surface area (Å²) in [5.41, 5.74) is 0.990. The molecule has 1 saturated carbocycles. The first-order valence-electron chi connectivity index (χ1n) is 10.4. The van der Waals surface area contributed by atoms with Gasteiger partial charge < -0.3 is 14.0 Å². The lowest BCUT2D eigenvalue weighted by Crippen LogP contribution is -2.28. The van der Waals surface area contributed by atoms with E-state index in [-0.39, 0.29) is 35.7 Å². The Morgan fingerprint density at radius 1 is 1.17 bits per heavy atom. The molecule has 160 valence electrons. The summed E-state index contributed by atoms with van der Waals surface area (Å²) in [7, 11) is 1.61. The zero-order chi connectivity index (χ0) is 21.7. The van der Waals surface area contributed by atoms with E-state index >= 15 is 0 Å². The van der Waals surface area contributed by atoms with E-state index in [9.17, 15) is 14.4 Å². The van der Waals surface area contributed by atoms with E-state index in [0.717, 1.165) is 12.0 Å². The number of carbonyl (C=O) groups excluding carboxylic acids is 2. The number of benzene rings is 1. The molecule has 0 radical (unpaired) electrons. The Kier molecular flexibility index (Phi) is 7.21. The summed E-state index contributed by atoms with van der Waals surface area (Å²) in [6.07, 6.45) is 3.32. The Morgan fingerprint density at radius 3 is 2.60 bits per heavy atom. The van der Waals surface area contributed by atoms with Crippen molar-refractivity contribution in [2.75, 3.05) is 20.3 Å². The fraction of sp³-hybridized carbons (Fsp3) is 0.458. The number of ether oxygens (including phenoxy) is 2. The first kappa shape index (κ1) is 22.0. The van der Waals surface area contributed by atoms with Crippen molar-refractivity contribution in [3.05, 3.63) is 63.6 Å². The minimum Gasteiger partial charge on any atom is -0.491 e. The zero-order valence-electron chi connectivity index (χ0n) is 17.8. The molecule has 6 heteroatoms. The highest BCUT2D eigenvalue weighted by Crippen LogP contribution is 2.41. The summed E-state index contributed by atoms with van der Waals surface area (Å²) in [5, 5.41) is 0. The summed E-state index contributed by atoms with van der Waals surface area (Å²) >= 11 is 0. The fourth-order valence-corrected chi connectivity index (χ4v) is 3.51. The first-order chi connectivity index (χ1) is 14.4. The topological polar surface area (TPSA) is 74.6 Å². The van der Waals surface area contributed by atoms with Crippen molar-refractivity contribution < 1.29 is 19.1 Å². The van der Waals surface area contributed by atoms with Crippen LogP contribution in [0, 0.1) is 11.8 Å². The molecule has 0 aliphatic heterocycles. The molecule has 6 nitrogen and oxygen atoms in total. The number of methoxy groups -OCH3 is 1. The molecule has 0 saturated heterocycles. The van der Waals surface area contributed by atoms with Crippen LogP contribution in [0.25, 0.3) is 0 Å². The fourth-order valence-electron chi connectivity index (χ4n) is 3.51. The molecule has 0 bridgehead atoms. The van der Waals surface area contributed by atoms with Gasteiger partial charge in [-0.25, -0.2) is 0 Å². The Balaban J connectivity index is 1.88. The van der Waals surface area contributed by atoms with Crippen LogP contribution >= 0.6 is 0 Å². The van der Waals surface area contributed by atoms with Gasteiger partial charge in [0.1, 0.15) is 12.4 Å². The van der Waals surface area contributed by atoms with Gasteiger partial charge in [-0.2, -0.15) is 0 Å². The van der Waals surface area contributed by atoms with Crippen molar-refractivity contribution in [3.8, 4) is 5.75 Å². The summed E-state index contributed by atoms with van der Waals surface area (Å²) in [6.45, 7) is 5.01. The molecule has 30 heavy (non-hydrogen) atoms. The van der Waals surface area contributed by atoms with Crippen molar-refractivity contribution in [2.24, 2.45) is 11.8 Å². The molecule has 0 spiro atoms. The van der Waals surface area contributed by atoms with Gasteiger partial charge in [-0.1, -0.05) is 26.0 Å². The summed E-state index contributed by atoms with van der Waals surface area (Å²) in [4.78, 5) is 38.0. The molecule has 1 aromatic heterocycles. The second-order valence-corrected chi connectivity index (χ2v) is 7.94. The molecular weight excluding hydrogens is 382 g/mol. The third-order valence-electron chi connectivity index (χ3n) is 5.56. The second-order valence-electron chi connectivity index (χ2n) is 7.94. The van der Waals surface area contributed by atoms with E-state index in [4.69, 9.17) is 9.47 Å². The number of ketones is 2. The minimum atomic E-state index is -0.371. The lowest BCUT2D eigenvalue weighted by Gasteiger charge is -2.12. The quantitative estimate of drug-likeness (QED) is 0.416. The van der Waals surface area contributed by atoms with Crippen LogP contribution in [0.3, 0.4) is 0 Å². The van der Waals surface area contributed by atoms with E-state index in [0.29, 0.717) is 42.8 Å². The van der Waals surface area contributed by atoms with Gasteiger partial charge in [0.25, 0.3) is 5.56 Å². The van der Waals surface area contributed by atoms with Crippen molar-refractivity contribution in [2.45, 2.75) is 39.7 Å². The monoisotopic (exact) mass is 411 g/mol. The SMILES string of the molecule is CCC(=O)c1cc(C(=O)C[C@H]2C[C@@H]2C)cn(Cc2cccc(OCCOC)c2)c1=O. The average molecular weight is 411 g/mol. The number of Topliss-reactive ketones (excluding diaryl/α,β-unsaturated/α-hetero) is 2. The van der Waals surface area contributed by atoms with Crippen molar-refractivity contribution in [1.82, 2.24) is 4.57 Å². The molecule has 2 aromatic rings. The van der Waals surface area contributed by atoms with Crippen LogP contribution in [0.4, 0.5) is 0 Å². The molecule has 1 fully saturated rings. The highest BCUT2D eigenvalue weighted by Gasteiger charge is 2.34. The Labute approximate surface area is 176 Å². The number of pyridine rings is 1. The lowest BCUT2D eigenvalue weighted by atomic mass is 10.0. The molecule has 1 aliphatic rings. The Morgan fingerprint density at radius 2 is 1.93 bits per heavy atom. The van der Waals surface area contributed by atoms with E-state index in [2.05, 4.69) is 6.92 Å². The van der Waals surface area contributed by atoms with E-state index in [1.807, 2.05) is 24.3 Å². The number of carbonyl (C=O) groups is 2. The zero-order valence-corrected chi connectivity index (χ0v) is 17.8. The molecule has 1 aromatic carbocycles. The molecule has 0 N–H and O–H groups in total. The molecular formula is C24H29NO5. The summed E-state index contributed by atoms with van der Waals surface area (Å²) in [5.74, 6) is 1.39. The van der Waals surface area contributed by atoms with Crippen LogP contribution in [0.1, 0.15) is 59.4 Å². The normalized spacial score (nSPS) is 17.6. The highest BCUT2D eigenvalue weighted by atomic mass is 16.5. The van der Waals surface area contributed by atoms with Gasteiger partial charge in [-0.15, -0.1) is 0 Å². The van der Waals surface area contributed by atoms with Crippen LogP contribution in [-0.2, 0) is 11.3 Å². The van der Waals surface area contributed by atoms with Gasteiger partial charge >= 0.3 is 0 Å². The highest BCUT2D eigenvalue weighted by molar-refractivity contribution is 6.01. The van der Waals surface area contributed by atoms with Gasteiger partial charge in [0.2, 0.25) is 0 Å². The molecule has 3 rings (SSSR count). The van der Waals surface area contributed by atoms with Gasteiger partial charge in [0.15, 0.2) is 11.6 Å². The van der Waals surface area contributed by atoms with Crippen LogP contribution < -0.4 is 10.3 Å². The Bertz CT molecular complexity index is 978. The largest absolute Gasteiger partial charge is 0.491 e. The minimum absolute atomic E-state index is 0.0140. The van der Waals surface area contributed by atoms with Crippen LogP contribution in [0.5, 0.6) is 5.75 Å². The van der Waals surface area contributed by atoms with Gasteiger partial charge in [-0.05, 0) is 42.0 Å². The van der Waals surface area contributed by atoms with Crippen LogP contribution in [0.2, 0.25) is 0 Å². The maximum atomic E-state index is 12.9. The third kappa shape index (κ3) is 5.45. The maximum Gasteiger partial charge on any atom is 0.261 e. The molecule has 1 aliphatic carbocycles. The smallest absolute Gasteiger partial charge is 0.261 e. The van der Waals surface area contributed by atoms with Gasteiger partial charge in [0, 0.05) is 31.7 Å². The number of aromatic nitrogens is 1. The number of rotatable bonds is 11. The van der Waals surface area contributed by atoms with E-state index in [1.165, 1.54) is 10.6 Å². The molecule has 0 unspecified atom stereocenters. The lowest BCUT2D eigenvalue weighted by molar-refractivity contribution is 0.0973. The van der Waals surface area contributed by atoms with Crippen molar-refractivity contribution in [3.63, 3.8) is 0 Å². The Hall–Kier alpha value is -2.73. The van der Waals surface area contributed by atoms with E-state index < -0.39 is 0 Å². The van der Waals surface area contributed by atoms with Crippen molar-refractivity contribution >= 4 is 11.6 Å². The van der Waals surface area contributed by atoms with Gasteiger partial charge in [0.05, 0.1) is 18.7 Å². The number of hydrogen-bond acceptors (Lipinski definition) is 5. The molecule has 1 heterocycles. The molecule has 2 atom stereocenters. The second kappa shape index (κ2) is 9.85. The number of hydrogen-bond donors (Lipinski definition) is 0. The maximum absolute atomic E-state index is 12.9. The predicted octanol–water partition coefficient (Wildman–Crippen LogP) is 3.74. The van der Waals surface area contributed by atoms with E-state index in [1.54, 1.807) is 20.2 Å². The van der Waals surface area contributed by atoms with Crippen LogP contribution in [-0.4, -0.2) is 36.5 Å². The first-order valence-corrected chi connectivity index (χ1v) is 10.4. The predicted molar refractivity (Wildman–Crippen MR) is 114 cm³/mol. The van der Waals surface area contributed by atoms with Crippen LogP contribution in [0.15, 0.2) is 41.3 Å². The third-order valence-corrected chi connectivity index (χ3v) is 5.56. The summed E-state index contributed by atoms with van der Waals surface area (Å²) in [6, 6.07) is 8.90. The number of nitrogens with zero attached hydrogens (tertiary/aromatic N) is 1. The van der Waals surface area contributed by atoms with Crippen molar-refractivity contribution in [1.29, 1.82) is 0 Å².